The van der Waals surface area contributed by atoms with Crippen molar-refractivity contribution in [2.75, 3.05) is 22.6 Å². The van der Waals surface area contributed by atoms with E-state index in [4.69, 9.17) is 0 Å². The number of hydrogen-bond acceptors (Lipinski definition) is 5. The number of nitrogens with zero attached hydrogens (tertiary/aromatic N) is 2. The average molecular weight is 384 g/mol. The number of fused-ring (bicyclic) bond motifs is 1. The largest absolute Gasteiger partial charge is 0.310 e. The zero-order chi connectivity index (χ0) is 17.6. The predicted octanol–water partition coefficient (Wildman–Crippen LogP) is 2.86. The second kappa shape index (κ2) is 6.61. The fourth-order valence-corrected chi connectivity index (χ4v) is 7.57. The number of aryl methyl sites for hydroxylation is 1. The van der Waals surface area contributed by atoms with Crippen LogP contribution in [0.1, 0.15) is 61.1 Å². The topological polar surface area (TPSA) is 81.1 Å². The molecular formula is C17H25N3O3S2. The lowest BCUT2D eigenvalue weighted by atomic mass is 9.84. The minimum absolute atomic E-state index is 0.00781. The van der Waals surface area contributed by atoms with Crippen LogP contribution in [0.2, 0.25) is 0 Å². The van der Waals surface area contributed by atoms with Gasteiger partial charge in [0.2, 0.25) is 5.91 Å². The Bertz CT molecular complexity index is 781. The number of hydrogen-bond donors (Lipinski definition) is 1. The zero-order valence-electron chi connectivity index (χ0n) is 14.5. The Labute approximate surface area is 153 Å². The number of aromatic nitrogens is 2. The molecule has 138 valence electrons. The highest BCUT2D eigenvalue weighted by Gasteiger charge is 2.38. The molecule has 0 aromatic carbocycles. The summed E-state index contributed by atoms with van der Waals surface area (Å²) in [7, 11) is -3.00. The molecule has 6 nitrogen and oxygen atoms in total. The molecule has 25 heavy (non-hydrogen) atoms. The molecule has 2 aliphatic heterocycles. The minimum atomic E-state index is -3.00. The SMILES string of the molecule is Cc1nn([C@H]2CCS(=O)(=O)C2)c2c1[C@@H](C1CCCCC1)SCC(=O)N2. The van der Waals surface area contributed by atoms with Crippen LogP contribution in [0.25, 0.3) is 0 Å². The Morgan fingerprint density at radius 2 is 1.96 bits per heavy atom. The number of rotatable bonds is 2. The number of nitrogens with one attached hydrogen (secondary N) is 1. The smallest absolute Gasteiger partial charge is 0.235 e. The first-order valence-corrected chi connectivity index (χ1v) is 12.0. The van der Waals surface area contributed by atoms with Crippen LogP contribution < -0.4 is 5.32 Å². The molecule has 1 amide bonds. The molecule has 2 fully saturated rings. The molecule has 0 bridgehead atoms. The Kier molecular flexibility index (Phi) is 4.60. The summed E-state index contributed by atoms with van der Waals surface area (Å²) in [5, 5.41) is 7.99. The molecule has 3 aliphatic rings. The second-order valence-corrected chi connectivity index (χ2v) is 10.9. The van der Waals surface area contributed by atoms with E-state index in [2.05, 4.69) is 10.4 Å². The van der Waals surface area contributed by atoms with Gasteiger partial charge in [-0.3, -0.25) is 4.79 Å². The summed E-state index contributed by atoms with van der Waals surface area (Å²) in [6, 6.07) is -0.164. The van der Waals surface area contributed by atoms with Crippen LogP contribution >= 0.6 is 11.8 Å². The Morgan fingerprint density at radius 3 is 2.64 bits per heavy atom. The van der Waals surface area contributed by atoms with Crippen molar-refractivity contribution >= 4 is 33.3 Å². The van der Waals surface area contributed by atoms with Gasteiger partial charge in [-0.25, -0.2) is 13.1 Å². The van der Waals surface area contributed by atoms with Crippen LogP contribution in [0.15, 0.2) is 0 Å². The normalized spacial score (nSPS) is 29.9. The van der Waals surface area contributed by atoms with Crippen molar-refractivity contribution in [2.24, 2.45) is 5.92 Å². The highest BCUT2D eigenvalue weighted by atomic mass is 32.2. The summed E-state index contributed by atoms with van der Waals surface area (Å²) in [6.07, 6.45) is 6.80. The summed E-state index contributed by atoms with van der Waals surface area (Å²) in [5.74, 6) is 2.11. The quantitative estimate of drug-likeness (QED) is 0.849. The lowest BCUT2D eigenvalue weighted by Gasteiger charge is -2.29. The molecule has 4 rings (SSSR count). The third kappa shape index (κ3) is 3.35. The maximum atomic E-state index is 12.3. The summed E-state index contributed by atoms with van der Waals surface area (Å²) in [5.41, 5.74) is 2.07. The van der Waals surface area contributed by atoms with Gasteiger partial charge < -0.3 is 5.32 Å². The summed E-state index contributed by atoms with van der Waals surface area (Å²) in [6.45, 7) is 1.99. The second-order valence-electron chi connectivity index (χ2n) is 7.53. The van der Waals surface area contributed by atoms with Gasteiger partial charge in [-0.1, -0.05) is 19.3 Å². The summed E-state index contributed by atoms with van der Waals surface area (Å²) >= 11 is 1.73. The van der Waals surface area contributed by atoms with E-state index in [9.17, 15) is 13.2 Å². The molecule has 0 radical (unpaired) electrons. The maximum absolute atomic E-state index is 12.3. The van der Waals surface area contributed by atoms with Gasteiger partial charge in [-0.05, 0) is 32.1 Å². The van der Waals surface area contributed by atoms with E-state index in [0.29, 0.717) is 18.1 Å². The Balaban J connectivity index is 1.74. The van der Waals surface area contributed by atoms with Gasteiger partial charge in [0.25, 0.3) is 0 Å². The first kappa shape index (κ1) is 17.4. The van der Waals surface area contributed by atoms with Gasteiger partial charge in [0.1, 0.15) is 5.82 Å². The molecule has 1 N–H and O–H groups in total. The van der Waals surface area contributed by atoms with Gasteiger partial charge in [0, 0.05) is 10.8 Å². The van der Waals surface area contributed by atoms with E-state index in [1.54, 1.807) is 16.4 Å². The molecule has 3 heterocycles. The summed E-state index contributed by atoms with van der Waals surface area (Å²) in [4.78, 5) is 12.3. The molecule has 1 aromatic heterocycles. The van der Waals surface area contributed by atoms with Gasteiger partial charge in [0.15, 0.2) is 9.84 Å². The van der Waals surface area contributed by atoms with Crippen molar-refractivity contribution in [3.05, 3.63) is 11.3 Å². The monoisotopic (exact) mass is 383 g/mol. The number of anilines is 1. The zero-order valence-corrected chi connectivity index (χ0v) is 16.2. The number of amides is 1. The van der Waals surface area contributed by atoms with Gasteiger partial charge in [-0.2, -0.15) is 5.10 Å². The predicted molar refractivity (Wildman–Crippen MR) is 99.7 cm³/mol. The lowest BCUT2D eigenvalue weighted by Crippen LogP contribution is -2.20. The molecular weight excluding hydrogens is 358 g/mol. The van der Waals surface area contributed by atoms with Crippen molar-refractivity contribution in [3.63, 3.8) is 0 Å². The van der Waals surface area contributed by atoms with Crippen LogP contribution in [0.3, 0.4) is 0 Å². The highest BCUT2D eigenvalue weighted by molar-refractivity contribution is 8.00. The fraction of sp³-hybridized carbons (Fsp3) is 0.765. The van der Waals surface area contributed by atoms with Gasteiger partial charge in [0.05, 0.1) is 29.0 Å². The Morgan fingerprint density at radius 1 is 1.20 bits per heavy atom. The number of sulfone groups is 1. The van der Waals surface area contributed by atoms with Crippen LogP contribution in [-0.4, -0.2) is 41.4 Å². The number of thioether (sulfide) groups is 1. The van der Waals surface area contributed by atoms with E-state index in [1.807, 2.05) is 6.92 Å². The lowest BCUT2D eigenvalue weighted by molar-refractivity contribution is -0.113. The molecule has 1 aromatic rings. The minimum Gasteiger partial charge on any atom is -0.310 e. The van der Waals surface area contributed by atoms with Gasteiger partial charge >= 0.3 is 0 Å². The molecule has 1 aliphatic carbocycles. The van der Waals surface area contributed by atoms with Crippen molar-refractivity contribution in [3.8, 4) is 0 Å². The van der Waals surface area contributed by atoms with E-state index in [-0.39, 0.29) is 28.7 Å². The number of carbonyl (C=O) groups excluding carboxylic acids is 1. The number of carbonyl (C=O) groups is 1. The summed E-state index contributed by atoms with van der Waals surface area (Å²) < 4.78 is 25.6. The third-order valence-electron chi connectivity index (χ3n) is 5.70. The van der Waals surface area contributed by atoms with Crippen LogP contribution in [0.4, 0.5) is 5.82 Å². The molecule has 0 unspecified atom stereocenters. The first-order chi connectivity index (χ1) is 11.9. The fourth-order valence-electron chi connectivity index (χ4n) is 4.48. The molecule has 0 spiro atoms. The maximum Gasteiger partial charge on any atom is 0.235 e. The molecule has 2 atom stereocenters. The van der Waals surface area contributed by atoms with Gasteiger partial charge in [-0.15, -0.1) is 11.8 Å². The van der Waals surface area contributed by atoms with Crippen molar-refractivity contribution in [2.45, 2.75) is 56.7 Å². The van der Waals surface area contributed by atoms with E-state index in [1.165, 1.54) is 32.1 Å². The van der Waals surface area contributed by atoms with E-state index >= 15 is 0 Å². The van der Waals surface area contributed by atoms with Crippen molar-refractivity contribution < 1.29 is 13.2 Å². The average Bonchev–Trinajstić information content (AvgIpc) is 3.03. The van der Waals surface area contributed by atoms with E-state index in [0.717, 1.165) is 17.1 Å². The molecule has 1 saturated carbocycles. The molecule has 8 heteroatoms. The highest BCUT2D eigenvalue weighted by Crippen LogP contribution is 2.48. The van der Waals surface area contributed by atoms with Crippen molar-refractivity contribution in [1.82, 2.24) is 9.78 Å². The first-order valence-electron chi connectivity index (χ1n) is 9.15. The van der Waals surface area contributed by atoms with E-state index < -0.39 is 9.84 Å². The van der Waals surface area contributed by atoms with Crippen molar-refractivity contribution in [1.29, 1.82) is 0 Å². The van der Waals surface area contributed by atoms with Crippen LogP contribution in [0, 0.1) is 12.8 Å². The van der Waals surface area contributed by atoms with Crippen LogP contribution in [-0.2, 0) is 14.6 Å². The Hall–Kier alpha value is -1.02. The standard InChI is InChI=1S/C17H25N3O3S2/c1-11-15-16(12-5-3-2-4-6-12)24-9-14(21)18-17(15)20(19-11)13-7-8-25(22,23)10-13/h12-13,16H,2-10H2,1H3,(H,18,21)/t13-,16+/m0/s1. The van der Waals surface area contributed by atoms with Crippen LogP contribution in [0.5, 0.6) is 0 Å². The third-order valence-corrected chi connectivity index (χ3v) is 8.86. The molecule has 1 saturated heterocycles.